The van der Waals surface area contributed by atoms with Gasteiger partial charge in [0.15, 0.2) is 0 Å². The molecule has 0 amide bonds. The average molecular weight is 320 g/mol. The summed E-state index contributed by atoms with van der Waals surface area (Å²) in [5.41, 5.74) is 0. The largest absolute Gasteiger partial charge is 2.00 e. The minimum Gasteiger partial charge on any atom is 2.00 e. The molecule has 0 aromatic carbocycles. The van der Waals surface area contributed by atoms with Crippen LogP contribution in [-0.4, -0.2) is 33.9 Å². The summed E-state index contributed by atoms with van der Waals surface area (Å²) < 4.78 is 27.2. The third kappa shape index (κ3) is 45.7. The smallest absolute Gasteiger partial charge is 2.00 e. The van der Waals surface area contributed by atoms with Crippen molar-refractivity contribution in [2.24, 2.45) is 0 Å². The fraction of sp³-hybridized carbons (Fsp3) is 0. The fourth-order valence-corrected chi connectivity index (χ4v) is 0. The van der Waals surface area contributed by atoms with E-state index in [-0.39, 0.29) is 27.3 Å². The molecule has 0 spiro atoms. The molecule has 0 saturated heterocycles. The van der Waals surface area contributed by atoms with E-state index in [0.29, 0.717) is 20.9 Å². The fourth-order valence-electron chi connectivity index (χ4n) is 0. The van der Waals surface area contributed by atoms with E-state index in [1.165, 1.54) is 0 Å². The van der Waals surface area contributed by atoms with Crippen molar-refractivity contribution < 1.29 is 40.3 Å². The molecular formula is CdO3STe. The number of hydrogen-bond donors (Lipinski definition) is 0. The molecule has 0 bridgehead atoms. The van der Waals surface area contributed by atoms with Gasteiger partial charge in [0.1, 0.15) is 0 Å². The van der Waals surface area contributed by atoms with Crippen molar-refractivity contribution in [2.45, 2.75) is 0 Å². The third-order valence-corrected chi connectivity index (χ3v) is 0. The molecule has 6 heteroatoms. The molecule has 0 heterocycles. The van der Waals surface area contributed by atoms with Gasteiger partial charge in [-0.15, -0.1) is 0 Å². The predicted octanol–water partition coefficient (Wildman–Crippen LogP) is -1.39. The molecule has 0 saturated carbocycles. The maximum Gasteiger partial charge on any atom is 2.00 e. The molecule has 0 atom stereocenters. The minimum absolute atomic E-state index is 0. The van der Waals surface area contributed by atoms with Crippen LogP contribution >= 0.6 is 0 Å². The Morgan fingerprint density at radius 1 is 1.50 bits per heavy atom. The van der Waals surface area contributed by atoms with Crippen molar-refractivity contribution in [3.8, 4) is 0 Å². The topological polar surface area (TPSA) is 57.2 Å². The minimum atomic E-state index is -3.91. The van der Waals surface area contributed by atoms with Crippen LogP contribution in [-0.2, 0) is 34.6 Å². The molecule has 0 N–H and O–H groups in total. The van der Waals surface area contributed by atoms with Crippen LogP contribution in [0.1, 0.15) is 0 Å². The molecule has 3 nitrogen and oxygen atoms in total. The van der Waals surface area contributed by atoms with E-state index in [2.05, 4.69) is 0 Å². The summed E-state index contributed by atoms with van der Waals surface area (Å²) >= 11 is 0.541. The molecule has 0 aromatic heterocycles. The first-order chi connectivity index (χ1) is 2.00. The van der Waals surface area contributed by atoms with Gasteiger partial charge < -0.3 is 0 Å². The first-order valence-corrected chi connectivity index (χ1v) is 4.85. The third-order valence-electron chi connectivity index (χ3n) is 0. The van der Waals surface area contributed by atoms with Crippen LogP contribution in [0, 0.1) is 0 Å². The van der Waals surface area contributed by atoms with Crippen LogP contribution in [0.25, 0.3) is 0 Å². The summed E-state index contributed by atoms with van der Waals surface area (Å²) in [5.74, 6) is 0. The summed E-state index contributed by atoms with van der Waals surface area (Å²) in [4.78, 5) is 0. The van der Waals surface area contributed by atoms with E-state index in [0.717, 1.165) is 0 Å². The Morgan fingerprint density at radius 2 is 1.50 bits per heavy atom. The second-order valence-corrected chi connectivity index (χ2v) is 4.72. The molecule has 32 valence electrons. The van der Waals surface area contributed by atoms with E-state index in [4.69, 9.17) is 13.0 Å². The molecule has 0 aliphatic heterocycles. The van der Waals surface area contributed by atoms with E-state index in [1.54, 1.807) is 0 Å². The van der Waals surface area contributed by atoms with Gasteiger partial charge in [0, 0.05) is 0 Å². The molecule has 0 unspecified atom stereocenters. The molecule has 0 radical (unpaired) electrons. The van der Waals surface area contributed by atoms with Gasteiger partial charge in [0.25, 0.3) is 0 Å². The Hall–Kier alpha value is 1.62. The summed E-state index contributed by atoms with van der Waals surface area (Å²) in [7, 11) is -3.91. The van der Waals surface area contributed by atoms with Gasteiger partial charge in [-0.25, -0.2) is 0 Å². The first kappa shape index (κ1) is 10.6. The summed E-state index contributed by atoms with van der Waals surface area (Å²) in [6.45, 7) is 0. The number of hydrogen-bond acceptors (Lipinski definition) is 3. The van der Waals surface area contributed by atoms with Crippen LogP contribution in [0.4, 0.5) is 0 Å². The van der Waals surface area contributed by atoms with Crippen molar-refractivity contribution in [3.63, 3.8) is 0 Å². The standard InChI is InChI=1S/Cd.H2O3STe/c;1-4(2,3)5/h;(H2,1,2,3,5)/q+2;/p-2. The molecule has 6 heavy (non-hydrogen) atoms. The number of rotatable bonds is 0. The maximum absolute atomic E-state index is 9.08. The molecule has 0 aliphatic carbocycles. The summed E-state index contributed by atoms with van der Waals surface area (Å²) in [6.07, 6.45) is 0. The molecule has 0 fully saturated rings. The van der Waals surface area contributed by atoms with Gasteiger partial charge in [-0.05, 0) is 0 Å². The Labute approximate surface area is 67.8 Å². The van der Waals surface area contributed by atoms with Crippen molar-refractivity contribution in [1.82, 2.24) is 0 Å². The van der Waals surface area contributed by atoms with Crippen molar-refractivity contribution in [1.29, 1.82) is 0 Å². The molecular weight excluding hydrogens is 320 g/mol. The van der Waals surface area contributed by atoms with E-state index < -0.39 is 7.35 Å². The van der Waals surface area contributed by atoms with Crippen LogP contribution < -0.4 is 0 Å². The predicted molar refractivity (Wildman–Crippen MR) is 15.5 cm³/mol. The van der Waals surface area contributed by atoms with Gasteiger partial charge >= 0.3 is 68.5 Å². The maximum atomic E-state index is 9.08. The summed E-state index contributed by atoms with van der Waals surface area (Å²) in [6, 6.07) is 0. The van der Waals surface area contributed by atoms with Gasteiger partial charge in [0.05, 0.1) is 0 Å². The Morgan fingerprint density at radius 3 is 1.50 bits per heavy atom. The SMILES string of the molecule is O=S(=O)([O-])[Te-].[Cd+2]. The second kappa shape index (κ2) is 3.60. The van der Waals surface area contributed by atoms with Crippen LogP contribution in [0.15, 0.2) is 0 Å². The summed E-state index contributed by atoms with van der Waals surface area (Å²) in [5, 5.41) is 0. The monoisotopic (exact) mass is 324 g/mol. The molecule has 0 rings (SSSR count). The Kier molecular flexibility index (Phi) is 6.35. The van der Waals surface area contributed by atoms with Crippen LogP contribution in [0.3, 0.4) is 0 Å². The van der Waals surface area contributed by atoms with Gasteiger partial charge in [-0.3, -0.25) is 0 Å². The molecule has 0 aliphatic rings. The zero-order valence-electron chi connectivity index (χ0n) is 2.75. The van der Waals surface area contributed by atoms with Gasteiger partial charge in [0.2, 0.25) is 0 Å². The average Bonchev–Trinajstić information content (AvgIpc) is 0.722. The Bertz CT molecular complexity index is 94.0. The quantitative estimate of drug-likeness (QED) is 0.408. The van der Waals surface area contributed by atoms with E-state index >= 15 is 0 Å². The van der Waals surface area contributed by atoms with E-state index in [9.17, 15) is 0 Å². The normalized spacial score (nSPS) is 9.67. The van der Waals surface area contributed by atoms with Crippen LogP contribution in [0.5, 0.6) is 0 Å². The Balaban J connectivity index is 0. The van der Waals surface area contributed by atoms with Gasteiger partial charge in [-0.1, -0.05) is 0 Å². The molecule has 0 aromatic rings. The first-order valence-electron chi connectivity index (χ1n) is 0.667. The van der Waals surface area contributed by atoms with Crippen molar-refractivity contribution in [2.75, 3.05) is 0 Å². The van der Waals surface area contributed by atoms with Crippen molar-refractivity contribution >= 4 is 28.3 Å². The van der Waals surface area contributed by atoms with Crippen molar-refractivity contribution in [3.05, 3.63) is 0 Å². The second-order valence-electron chi connectivity index (χ2n) is 0.408. The van der Waals surface area contributed by atoms with Crippen LogP contribution in [0.2, 0.25) is 0 Å². The van der Waals surface area contributed by atoms with Gasteiger partial charge in [-0.2, -0.15) is 0 Å². The zero-order chi connectivity index (χ0) is 4.50. The zero-order valence-corrected chi connectivity index (χ0v) is 9.93. The van der Waals surface area contributed by atoms with E-state index in [1.807, 2.05) is 0 Å².